The first kappa shape index (κ1) is 17.5. The van der Waals surface area contributed by atoms with Gasteiger partial charge in [0.2, 0.25) is 5.91 Å². The van der Waals surface area contributed by atoms with Crippen molar-refractivity contribution in [1.82, 2.24) is 25.3 Å². The van der Waals surface area contributed by atoms with Gasteiger partial charge in [0.25, 0.3) is 0 Å². The molecule has 3 N–H and O–H groups in total. The molecule has 0 bridgehead atoms. The summed E-state index contributed by atoms with van der Waals surface area (Å²) in [4.78, 5) is 40.1. The molecule has 0 aromatic carbocycles. The first-order valence-electron chi connectivity index (χ1n) is 8.01. The van der Waals surface area contributed by atoms with Crippen molar-refractivity contribution in [2.75, 3.05) is 65.4 Å². The standard InChI is InChI=1S/C14H25N5O4/c20-12(11-16-14(23)19-5-2-15-3-6-19)18-9-7-17(8-10-18)4-1-13(21)22/h15H,1-11H2,(H,16,23)(H,21,22). The van der Waals surface area contributed by atoms with E-state index >= 15 is 0 Å². The summed E-state index contributed by atoms with van der Waals surface area (Å²) >= 11 is 0. The first-order valence-corrected chi connectivity index (χ1v) is 8.01. The van der Waals surface area contributed by atoms with E-state index in [-0.39, 0.29) is 24.9 Å². The Kier molecular flexibility index (Phi) is 6.60. The molecule has 2 fully saturated rings. The van der Waals surface area contributed by atoms with Crippen LogP contribution in [0.1, 0.15) is 6.42 Å². The summed E-state index contributed by atoms with van der Waals surface area (Å²) in [5.74, 6) is -0.898. The van der Waals surface area contributed by atoms with Crippen LogP contribution >= 0.6 is 0 Å². The molecule has 3 amide bonds. The zero-order valence-electron chi connectivity index (χ0n) is 13.3. The minimum Gasteiger partial charge on any atom is -0.481 e. The Bertz CT molecular complexity index is 431. The van der Waals surface area contributed by atoms with Gasteiger partial charge in [0.15, 0.2) is 0 Å². The average Bonchev–Trinajstić information content (AvgIpc) is 2.58. The van der Waals surface area contributed by atoms with Gasteiger partial charge in [-0.15, -0.1) is 0 Å². The third-order valence-corrected chi connectivity index (χ3v) is 4.16. The molecule has 0 saturated carbocycles. The molecule has 2 rings (SSSR count). The SMILES string of the molecule is O=C(O)CCN1CCN(C(=O)CNC(=O)N2CCNCC2)CC1. The molecule has 0 radical (unpaired) electrons. The number of carbonyl (C=O) groups is 3. The third-order valence-electron chi connectivity index (χ3n) is 4.16. The van der Waals surface area contributed by atoms with E-state index in [9.17, 15) is 14.4 Å². The van der Waals surface area contributed by atoms with Crippen LogP contribution in [0.3, 0.4) is 0 Å². The summed E-state index contributed by atoms with van der Waals surface area (Å²) < 4.78 is 0. The summed E-state index contributed by atoms with van der Waals surface area (Å²) in [6, 6.07) is -0.194. The number of rotatable bonds is 5. The number of aliphatic carboxylic acids is 1. The normalized spacial score (nSPS) is 19.5. The van der Waals surface area contributed by atoms with E-state index in [0.717, 1.165) is 13.1 Å². The van der Waals surface area contributed by atoms with Gasteiger partial charge in [-0.3, -0.25) is 14.5 Å². The predicted molar refractivity (Wildman–Crippen MR) is 83.1 cm³/mol. The van der Waals surface area contributed by atoms with Crippen molar-refractivity contribution < 1.29 is 19.5 Å². The Morgan fingerprint density at radius 2 is 1.61 bits per heavy atom. The Labute approximate surface area is 135 Å². The number of amides is 3. The molecule has 0 spiro atoms. The highest BCUT2D eigenvalue weighted by molar-refractivity contribution is 5.84. The van der Waals surface area contributed by atoms with E-state index in [0.29, 0.717) is 45.8 Å². The summed E-state index contributed by atoms with van der Waals surface area (Å²) in [5, 5.41) is 14.5. The number of carboxylic acids is 1. The summed E-state index contributed by atoms with van der Waals surface area (Å²) in [7, 11) is 0. The number of nitrogens with zero attached hydrogens (tertiary/aromatic N) is 3. The maximum Gasteiger partial charge on any atom is 0.317 e. The van der Waals surface area contributed by atoms with Crippen LogP contribution in [0.25, 0.3) is 0 Å². The van der Waals surface area contributed by atoms with Gasteiger partial charge >= 0.3 is 12.0 Å². The van der Waals surface area contributed by atoms with Gasteiger partial charge in [0, 0.05) is 58.9 Å². The fourth-order valence-corrected chi connectivity index (χ4v) is 2.72. The second-order valence-corrected chi connectivity index (χ2v) is 5.76. The van der Waals surface area contributed by atoms with Gasteiger partial charge in [-0.2, -0.15) is 0 Å². The highest BCUT2D eigenvalue weighted by atomic mass is 16.4. The van der Waals surface area contributed by atoms with E-state index in [1.165, 1.54) is 0 Å². The maximum atomic E-state index is 12.1. The maximum absolute atomic E-state index is 12.1. The second kappa shape index (κ2) is 8.68. The molecule has 2 aliphatic rings. The molecule has 2 saturated heterocycles. The van der Waals surface area contributed by atoms with Crippen LogP contribution in [0, 0.1) is 0 Å². The Morgan fingerprint density at radius 1 is 0.957 bits per heavy atom. The van der Waals surface area contributed by atoms with E-state index in [1.54, 1.807) is 9.80 Å². The zero-order chi connectivity index (χ0) is 16.7. The van der Waals surface area contributed by atoms with Gasteiger partial charge in [-0.25, -0.2) is 4.79 Å². The minimum absolute atomic E-state index is 0.0118. The molecule has 0 aliphatic carbocycles. The first-order chi connectivity index (χ1) is 11.1. The summed E-state index contributed by atoms with van der Waals surface area (Å²) in [6.07, 6.45) is 0.120. The molecule has 0 aromatic heterocycles. The fourth-order valence-electron chi connectivity index (χ4n) is 2.72. The van der Waals surface area contributed by atoms with Crippen molar-refractivity contribution in [3.05, 3.63) is 0 Å². The summed E-state index contributed by atoms with van der Waals surface area (Å²) in [5.41, 5.74) is 0. The smallest absolute Gasteiger partial charge is 0.317 e. The number of urea groups is 1. The van der Waals surface area contributed by atoms with Crippen molar-refractivity contribution in [1.29, 1.82) is 0 Å². The quantitative estimate of drug-likeness (QED) is 0.551. The van der Waals surface area contributed by atoms with Crippen LogP contribution in [-0.2, 0) is 9.59 Å². The number of hydrogen-bond donors (Lipinski definition) is 3. The van der Waals surface area contributed by atoms with E-state index in [4.69, 9.17) is 5.11 Å². The van der Waals surface area contributed by atoms with Crippen molar-refractivity contribution in [2.45, 2.75) is 6.42 Å². The predicted octanol–water partition coefficient (Wildman–Crippen LogP) is -1.78. The number of piperazine rings is 2. The number of nitrogens with one attached hydrogen (secondary N) is 2. The molecular formula is C14H25N5O4. The largest absolute Gasteiger partial charge is 0.481 e. The van der Waals surface area contributed by atoms with Gasteiger partial charge in [-0.05, 0) is 0 Å². The van der Waals surface area contributed by atoms with Crippen molar-refractivity contribution in [3.8, 4) is 0 Å². The monoisotopic (exact) mass is 327 g/mol. The summed E-state index contributed by atoms with van der Waals surface area (Å²) in [6.45, 7) is 5.87. The second-order valence-electron chi connectivity index (χ2n) is 5.76. The van der Waals surface area contributed by atoms with Gasteiger partial charge < -0.3 is 25.5 Å². The fraction of sp³-hybridized carbons (Fsp3) is 0.786. The van der Waals surface area contributed by atoms with Gasteiger partial charge in [0.1, 0.15) is 0 Å². The van der Waals surface area contributed by atoms with Crippen LogP contribution in [0.4, 0.5) is 4.79 Å². The van der Waals surface area contributed by atoms with Gasteiger partial charge in [0.05, 0.1) is 13.0 Å². The van der Waals surface area contributed by atoms with Gasteiger partial charge in [-0.1, -0.05) is 0 Å². The number of carbonyl (C=O) groups excluding carboxylic acids is 2. The number of hydrogen-bond acceptors (Lipinski definition) is 5. The lowest BCUT2D eigenvalue weighted by atomic mass is 10.3. The molecule has 2 heterocycles. The average molecular weight is 327 g/mol. The van der Waals surface area contributed by atoms with E-state index in [1.807, 2.05) is 4.90 Å². The highest BCUT2D eigenvalue weighted by Gasteiger charge is 2.22. The molecule has 9 heteroatoms. The van der Waals surface area contributed by atoms with Crippen molar-refractivity contribution in [3.63, 3.8) is 0 Å². The zero-order valence-corrected chi connectivity index (χ0v) is 13.3. The molecule has 2 aliphatic heterocycles. The lowest BCUT2D eigenvalue weighted by molar-refractivity contribution is -0.138. The molecule has 23 heavy (non-hydrogen) atoms. The van der Waals surface area contributed by atoms with Crippen molar-refractivity contribution >= 4 is 17.9 Å². The van der Waals surface area contributed by atoms with Crippen LogP contribution in [-0.4, -0.2) is 103 Å². The number of carboxylic acid groups (broad SMARTS) is 1. The lowest BCUT2D eigenvalue weighted by Crippen LogP contribution is -2.54. The molecule has 0 aromatic rings. The minimum atomic E-state index is -0.806. The van der Waals surface area contributed by atoms with Crippen LogP contribution < -0.4 is 10.6 Å². The van der Waals surface area contributed by atoms with E-state index < -0.39 is 5.97 Å². The Hall–Kier alpha value is -1.87. The van der Waals surface area contributed by atoms with Crippen LogP contribution in [0.5, 0.6) is 0 Å². The van der Waals surface area contributed by atoms with Crippen molar-refractivity contribution in [2.24, 2.45) is 0 Å². The molecule has 0 atom stereocenters. The Morgan fingerprint density at radius 3 is 2.22 bits per heavy atom. The highest BCUT2D eigenvalue weighted by Crippen LogP contribution is 2.03. The molecule has 130 valence electrons. The molecule has 0 unspecified atom stereocenters. The van der Waals surface area contributed by atoms with Crippen LogP contribution in [0.15, 0.2) is 0 Å². The Balaban J connectivity index is 1.64. The third kappa shape index (κ3) is 5.68. The van der Waals surface area contributed by atoms with Crippen LogP contribution in [0.2, 0.25) is 0 Å². The molecular weight excluding hydrogens is 302 g/mol. The lowest BCUT2D eigenvalue weighted by Gasteiger charge is -2.34. The topological polar surface area (TPSA) is 105 Å². The van der Waals surface area contributed by atoms with E-state index in [2.05, 4.69) is 10.6 Å². The molecule has 9 nitrogen and oxygen atoms in total.